The Kier molecular flexibility index (Phi) is 4.57. The fraction of sp³-hybridized carbons (Fsp3) is 0.588. The van der Waals surface area contributed by atoms with Gasteiger partial charge in [0, 0.05) is 0 Å². The van der Waals surface area contributed by atoms with Gasteiger partial charge in [-0.15, -0.1) is 0 Å². The maximum atomic E-state index is 12.4. The second-order valence-corrected chi connectivity index (χ2v) is 6.85. The van der Waals surface area contributed by atoms with Gasteiger partial charge in [-0.2, -0.15) is 0 Å². The fourth-order valence-corrected chi connectivity index (χ4v) is 2.67. The van der Waals surface area contributed by atoms with E-state index in [0.29, 0.717) is 11.7 Å². The first-order chi connectivity index (χ1) is 9.82. The average molecular weight is 290 g/mol. The van der Waals surface area contributed by atoms with Crippen LogP contribution in [0.15, 0.2) is 18.2 Å². The first-order valence-electron chi connectivity index (χ1n) is 7.55. The SMILES string of the molecule is COc1ccc(C(C)(C)C)cc1NC(=O)C1NCCC1C. The quantitative estimate of drug-likeness (QED) is 0.900. The van der Waals surface area contributed by atoms with E-state index in [2.05, 4.69) is 38.3 Å². The summed E-state index contributed by atoms with van der Waals surface area (Å²) in [5.74, 6) is 1.08. The third kappa shape index (κ3) is 3.56. The van der Waals surface area contributed by atoms with Crippen molar-refractivity contribution in [1.29, 1.82) is 0 Å². The molecule has 0 aromatic heterocycles. The molecular formula is C17H26N2O2. The summed E-state index contributed by atoms with van der Waals surface area (Å²) in [6, 6.07) is 5.86. The lowest BCUT2D eigenvalue weighted by molar-refractivity contribution is -0.118. The monoisotopic (exact) mass is 290 g/mol. The van der Waals surface area contributed by atoms with Gasteiger partial charge in [0.2, 0.25) is 5.91 Å². The summed E-state index contributed by atoms with van der Waals surface area (Å²) >= 11 is 0. The Balaban J connectivity index is 2.23. The van der Waals surface area contributed by atoms with Gasteiger partial charge < -0.3 is 15.4 Å². The number of benzene rings is 1. The Morgan fingerprint density at radius 3 is 2.62 bits per heavy atom. The molecule has 1 heterocycles. The third-order valence-electron chi connectivity index (χ3n) is 4.14. The van der Waals surface area contributed by atoms with Gasteiger partial charge in [-0.3, -0.25) is 4.79 Å². The van der Waals surface area contributed by atoms with E-state index < -0.39 is 0 Å². The van der Waals surface area contributed by atoms with E-state index in [4.69, 9.17) is 4.74 Å². The van der Waals surface area contributed by atoms with Gasteiger partial charge in [-0.05, 0) is 42.0 Å². The van der Waals surface area contributed by atoms with Crippen molar-refractivity contribution < 1.29 is 9.53 Å². The molecule has 116 valence electrons. The number of carbonyl (C=O) groups excluding carboxylic acids is 1. The summed E-state index contributed by atoms with van der Waals surface area (Å²) in [4.78, 5) is 12.4. The molecule has 1 aliphatic heterocycles. The van der Waals surface area contributed by atoms with E-state index in [0.717, 1.165) is 18.7 Å². The van der Waals surface area contributed by atoms with E-state index in [1.54, 1.807) is 7.11 Å². The fourth-order valence-electron chi connectivity index (χ4n) is 2.67. The first-order valence-corrected chi connectivity index (χ1v) is 7.55. The van der Waals surface area contributed by atoms with Crippen molar-refractivity contribution >= 4 is 11.6 Å². The molecule has 1 aliphatic rings. The molecule has 2 unspecified atom stereocenters. The average Bonchev–Trinajstić information content (AvgIpc) is 2.84. The van der Waals surface area contributed by atoms with Crippen molar-refractivity contribution in [2.45, 2.75) is 45.6 Å². The highest BCUT2D eigenvalue weighted by atomic mass is 16.5. The molecule has 2 rings (SSSR count). The molecule has 4 nitrogen and oxygen atoms in total. The number of methoxy groups -OCH3 is 1. The number of rotatable bonds is 3. The number of anilines is 1. The number of hydrogen-bond donors (Lipinski definition) is 2. The van der Waals surface area contributed by atoms with Gasteiger partial charge in [0.1, 0.15) is 5.75 Å². The highest BCUT2D eigenvalue weighted by Crippen LogP contribution is 2.31. The molecule has 4 heteroatoms. The topological polar surface area (TPSA) is 50.4 Å². The normalized spacial score (nSPS) is 22.1. The van der Waals surface area contributed by atoms with Crippen LogP contribution in [-0.2, 0) is 10.2 Å². The van der Waals surface area contributed by atoms with E-state index >= 15 is 0 Å². The highest BCUT2D eigenvalue weighted by molar-refractivity contribution is 5.96. The zero-order valence-corrected chi connectivity index (χ0v) is 13.6. The second kappa shape index (κ2) is 6.06. The van der Waals surface area contributed by atoms with Gasteiger partial charge in [0.05, 0.1) is 18.8 Å². The molecule has 0 aliphatic carbocycles. The van der Waals surface area contributed by atoms with Crippen molar-refractivity contribution in [1.82, 2.24) is 5.32 Å². The van der Waals surface area contributed by atoms with Crippen LogP contribution in [0.1, 0.15) is 39.7 Å². The van der Waals surface area contributed by atoms with Crippen molar-refractivity contribution in [2.75, 3.05) is 19.0 Å². The van der Waals surface area contributed by atoms with Gasteiger partial charge in [0.15, 0.2) is 0 Å². The van der Waals surface area contributed by atoms with Crippen LogP contribution in [0, 0.1) is 5.92 Å². The Morgan fingerprint density at radius 1 is 1.38 bits per heavy atom. The smallest absolute Gasteiger partial charge is 0.241 e. The Bertz CT molecular complexity index is 520. The maximum absolute atomic E-state index is 12.4. The Morgan fingerprint density at radius 2 is 2.10 bits per heavy atom. The van der Waals surface area contributed by atoms with Gasteiger partial charge in [0.25, 0.3) is 0 Å². The number of ether oxygens (including phenoxy) is 1. The largest absolute Gasteiger partial charge is 0.495 e. The zero-order valence-electron chi connectivity index (χ0n) is 13.6. The van der Waals surface area contributed by atoms with Gasteiger partial charge in [-0.25, -0.2) is 0 Å². The van der Waals surface area contributed by atoms with E-state index in [1.165, 1.54) is 5.56 Å². The molecule has 0 saturated carbocycles. The molecule has 1 saturated heterocycles. The summed E-state index contributed by atoms with van der Waals surface area (Å²) in [6.07, 6.45) is 1.04. The number of carbonyl (C=O) groups is 1. The van der Waals surface area contributed by atoms with Crippen molar-refractivity contribution in [3.8, 4) is 5.75 Å². The maximum Gasteiger partial charge on any atom is 0.241 e. The molecule has 0 radical (unpaired) electrons. The first kappa shape index (κ1) is 15.8. The summed E-state index contributed by atoms with van der Waals surface area (Å²) in [5, 5.41) is 6.28. The standard InChI is InChI=1S/C17H26N2O2/c1-11-8-9-18-15(11)16(20)19-13-10-12(17(2,3)4)6-7-14(13)21-5/h6-7,10-11,15,18H,8-9H2,1-5H3,(H,19,20). The van der Waals surface area contributed by atoms with E-state index in [-0.39, 0.29) is 17.4 Å². The van der Waals surface area contributed by atoms with Crippen molar-refractivity contribution in [3.63, 3.8) is 0 Å². The summed E-state index contributed by atoms with van der Waals surface area (Å²) in [7, 11) is 1.62. The van der Waals surface area contributed by atoms with Crippen LogP contribution in [0.25, 0.3) is 0 Å². The van der Waals surface area contributed by atoms with E-state index in [9.17, 15) is 4.79 Å². The lowest BCUT2D eigenvalue weighted by Crippen LogP contribution is -2.39. The van der Waals surface area contributed by atoms with Crippen LogP contribution >= 0.6 is 0 Å². The Hall–Kier alpha value is -1.55. The minimum Gasteiger partial charge on any atom is -0.495 e. The summed E-state index contributed by atoms with van der Waals surface area (Å²) < 4.78 is 5.37. The second-order valence-electron chi connectivity index (χ2n) is 6.85. The molecular weight excluding hydrogens is 264 g/mol. The summed E-state index contributed by atoms with van der Waals surface area (Å²) in [6.45, 7) is 9.47. The van der Waals surface area contributed by atoms with Crippen LogP contribution in [-0.4, -0.2) is 25.6 Å². The molecule has 1 fully saturated rings. The molecule has 21 heavy (non-hydrogen) atoms. The van der Waals surface area contributed by atoms with Gasteiger partial charge in [-0.1, -0.05) is 33.8 Å². The predicted molar refractivity (Wildman–Crippen MR) is 85.9 cm³/mol. The highest BCUT2D eigenvalue weighted by Gasteiger charge is 2.29. The lowest BCUT2D eigenvalue weighted by Gasteiger charge is -2.22. The predicted octanol–water partition coefficient (Wildman–Crippen LogP) is 2.93. The third-order valence-corrected chi connectivity index (χ3v) is 4.14. The number of hydrogen-bond acceptors (Lipinski definition) is 3. The molecule has 1 aromatic carbocycles. The summed E-state index contributed by atoms with van der Waals surface area (Å²) in [5.41, 5.74) is 1.95. The van der Waals surface area contributed by atoms with Gasteiger partial charge >= 0.3 is 0 Å². The molecule has 2 N–H and O–H groups in total. The molecule has 0 spiro atoms. The number of amides is 1. The van der Waals surface area contributed by atoms with Crippen LogP contribution in [0.4, 0.5) is 5.69 Å². The minimum absolute atomic E-state index is 0.0179. The zero-order chi connectivity index (χ0) is 15.6. The molecule has 1 amide bonds. The van der Waals surface area contributed by atoms with E-state index in [1.807, 2.05) is 18.2 Å². The lowest BCUT2D eigenvalue weighted by atomic mass is 9.86. The molecule has 2 atom stereocenters. The van der Waals surface area contributed by atoms with Crippen LogP contribution in [0.2, 0.25) is 0 Å². The molecule has 1 aromatic rings. The molecule has 0 bridgehead atoms. The van der Waals surface area contributed by atoms with Crippen molar-refractivity contribution in [3.05, 3.63) is 23.8 Å². The number of nitrogens with one attached hydrogen (secondary N) is 2. The Labute approximate surface area is 127 Å². The minimum atomic E-state index is -0.118. The van der Waals surface area contributed by atoms with Crippen molar-refractivity contribution in [2.24, 2.45) is 5.92 Å². The van der Waals surface area contributed by atoms with Crippen LogP contribution < -0.4 is 15.4 Å². The van der Waals surface area contributed by atoms with Crippen LogP contribution in [0.3, 0.4) is 0 Å². The van der Waals surface area contributed by atoms with Crippen LogP contribution in [0.5, 0.6) is 5.75 Å².